The fourth-order valence-corrected chi connectivity index (χ4v) is 1.99. The molecule has 1 atom stereocenters. The van der Waals surface area contributed by atoms with Crippen LogP contribution in [0.3, 0.4) is 0 Å². The summed E-state index contributed by atoms with van der Waals surface area (Å²) >= 11 is 0. The van der Waals surface area contributed by atoms with E-state index in [4.69, 9.17) is 5.73 Å². The van der Waals surface area contributed by atoms with Crippen molar-refractivity contribution in [2.75, 3.05) is 0 Å². The van der Waals surface area contributed by atoms with Crippen molar-refractivity contribution in [1.29, 1.82) is 0 Å². The SMILES string of the molecule is CC(C)CC(CCCCC(C)(C)C)C(N)=O. The van der Waals surface area contributed by atoms with Crippen molar-refractivity contribution in [2.24, 2.45) is 23.0 Å². The van der Waals surface area contributed by atoms with Gasteiger partial charge in [0.1, 0.15) is 0 Å². The number of hydrogen-bond acceptors (Lipinski definition) is 1. The first-order valence-corrected chi connectivity index (χ1v) is 6.51. The predicted octanol–water partition coefficient (Wildman–Crippen LogP) is 3.74. The molecule has 0 saturated carbocycles. The summed E-state index contributed by atoms with van der Waals surface area (Å²) in [7, 11) is 0. The lowest BCUT2D eigenvalue weighted by Gasteiger charge is -2.19. The second-order valence-corrected chi connectivity index (χ2v) is 6.54. The number of carbonyl (C=O) groups is 1. The topological polar surface area (TPSA) is 43.1 Å². The van der Waals surface area contributed by atoms with Gasteiger partial charge in [-0.25, -0.2) is 0 Å². The number of nitrogens with two attached hydrogens (primary N) is 1. The Hall–Kier alpha value is -0.530. The third-order valence-corrected chi connectivity index (χ3v) is 2.89. The van der Waals surface area contributed by atoms with Crippen molar-refractivity contribution in [1.82, 2.24) is 0 Å². The summed E-state index contributed by atoms with van der Waals surface area (Å²) in [4.78, 5) is 11.2. The van der Waals surface area contributed by atoms with E-state index in [9.17, 15) is 4.79 Å². The third-order valence-electron chi connectivity index (χ3n) is 2.89. The molecule has 0 heterocycles. The van der Waals surface area contributed by atoms with Gasteiger partial charge in [0.2, 0.25) is 5.91 Å². The summed E-state index contributed by atoms with van der Waals surface area (Å²) in [6, 6.07) is 0. The van der Waals surface area contributed by atoms with Gasteiger partial charge in [0.05, 0.1) is 0 Å². The second-order valence-electron chi connectivity index (χ2n) is 6.54. The van der Waals surface area contributed by atoms with Crippen LogP contribution in [-0.2, 0) is 4.79 Å². The smallest absolute Gasteiger partial charge is 0.220 e. The summed E-state index contributed by atoms with van der Waals surface area (Å²) in [5.41, 5.74) is 5.82. The van der Waals surface area contributed by atoms with E-state index < -0.39 is 0 Å². The molecule has 2 nitrogen and oxygen atoms in total. The monoisotopic (exact) mass is 227 g/mol. The fraction of sp³-hybridized carbons (Fsp3) is 0.929. The molecule has 16 heavy (non-hydrogen) atoms. The minimum atomic E-state index is -0.121. The zero-order valence-electron chi connectivity index (χ0n) is 11.7. The van der Waals surface area contributed by atoms with E-state index in [1.807, 2.05) is 0 Å². The lowest BCUT2D eigenvalue weighted by molar-refractivity contribution is -0.122. The summed E-state index contributed by atoms with van der Waals surface area (Å²) in [5, 5.41) is 0. The van der Waals surface area contributed by atoms with Gasteiger partial charge in [-0.1, -0.05) is 47.5 Å². The maximum Gasteiger partial charge on any atom is 0.220 e. The molecule has 96 valence electrons. The molecule has 0 saturated heterocycles. The Labute approximate surface area is 101 Å². The first-order valence-electron chi connectivity index (χ1n) is 6.51. The molecule has 0 aliphatic heterocycles. The van der Waals surface area contributed by atoms with Gasteiger partial charge in [-0.3, -0.25) is 4.79 Å². The van der Waals surface area contributed by atoms with Crippen LogP contribution < -0.4 is 5.73 Å². The Morgan fingerprint density at radius 3 is 2.12 bits per heavy atom. The van der Waals surface area contributed by atoms with E-state index in [2.05, 4.69) is 34.6 Å². The van der Waals surface area contributed by atoms with Crippen LogP contribution in [0.25, 0.3) is 0 Å². The van der Waals surface area contributed by atoms with Gasteiger partial charge in [0.25, 0.3) is 0 Å². The molecule has 0 rings (SSSR count). The number of amides is 1. The van der Waals surface area contributed by atoms with Crippen molar-refractivity contribution in [3.05, 3.63) is 0 Å². The largest absolute Gasteiger partial charge is 0.369 e. The highest BCUT2D eigenvalue weighted by Crippen LogP contribution is 2.24. The molecule has 0 aromatic heterocycles. The zero-order valence-corrected chi connectivity index (χ0v) is 11.7. The zero-order chi connectivity index (χ0) is 12.8. The van der Waals surface area contributed by atoms with Gasteiger partial charge in [-0.05, 0) is 30.6 Å². The van der Waals surface area contributed by atoms with Crippen LogP contribution in [-0.4, -0.2) is 5.91 Å². The number of carbonyl (C=O) groups excluding carboxylic acids is 1. The Morgan fingerprint density at radius 2 is 1.75 bits per heavy atom. The molecular weight excluding hydrogens is 198 g/mol. The minimum Gasteiger partial charge on any atom is -0.369 e. The molecule has 0 bridgehead atoms. The molecule has 0 radical (unpaired) electrons. The number of primary amides is 1. The molecule has 0 aliphatic rings. The molecule has 2 heteroatoms. The molecule has 2 N–H and O–H groups in total. The summed E-state index contributed by atoms with van der Waals surface area (Å²) in [5.74, 6) is 0.518. The maximum absolute atomic E-state index is 11.2. The quantitative estimate of drug-likeness (QED) is 0.661. The van der Waals surface area contributed by atoms with Crippen LogP contribution in [0.2, 0.25) is 0 Å². The first kappa shape index (κ1) is 15.5. The highest BCUT2D eigenvalue weighted by atomic mass is 16.1. The number of hydrogen-bond donors (Lipinski definition) is 1. The Bertz CT molecular complexity index is 203. The van der Waals surface area contributed by atoms with Crippen LogP contribution in [0, 0.1) is 17.3 Å². The standard InChI is InChI=1S/C14H29NO/c1-11(2)10-12(13(15)16)8-6-7-9-14(3,4)5/h11-12H,6-10H2,1-5H3,(H2,15,16). The third kappa shape index (κ3) is 8.75. The fourth-order valence-electron chi connectivity index (χ4n) is 1.99. The summed E-state index contributed by atoms with van der Waals surface area (Å²) in [6.45, 7) is 11.1. The van der Waals surface area contributed by atoms with Gasteiger partial charge in [0, 0.05) is 5.92 Å². The molecule has 1 unspecified atom stereocenters. The number of unbranched alkanes of at least 4 members (excludes halogenated alkanes) is 1. The van der Waals surface area contributed by atoms with Crippen LogP contribution >= 0.6 is 0 Å². The van der Waals surface area contributed by atoms with E-state index in [1.165, 1.54) is 12.8 Å². The van der Waals surface area contributed by atoms with E-state index in [1.54, 1.807) is 0 Å². The van der Waals surface area contributed by atoms with Crippen molar-refractivity contribution in [2.45, 2.75) is 66.7 Å². The van der Waals surface area contributed by atoms with Gasteiger partial charge >= 0.3 is 0 Å². The van der Waals surface area contributed by atoms with E-state index >= 15 is 0 Å². The summed E-state index contributed by atoms with van der Waals surface area (Å²) < 4.78 is 0. The molecule has 0 aliphatic carbocycles. The van der Waals surface area contributed by atoms with Crippen molar-refractivity contribution in [3.8, 4) is 0 Å². The van der Waals surface area contributed by atoms with Crippen molar-refractivity contribution < 1.29 is 4.79 Å². The molecule has 0 aromatic carbocycles. The Morgan fingerprint density at radius 1 is 1.19 bits per heavy atom. The summed E-state index contributed by atoms with van der Waals surface area (Å²) in [6.07, 6.45) is 5.44. The number of rotatable bonds is 7. The Kier molecular flexibility index (Phi) is 6.70. The lowest BCUT2D eigenvalue weighted by Crippen LogP contribution is -2.24. The van der Waals surface area contributed by atoms with Gasteiger partial charge in [0.15, 0.2) is 0 Å². The van der Waals surface area contributed by atoms with E-state index in [0.717, 1.165) is 19.3 Å². The predicted molar refractivity (Wildman–Crippen MR) is 70.1 cm³/mol. The molecule has 1 amide bonds. The molecule has 0 spiro atoms. The van der Waals surface area contributed by atoms with Gasteiger partial charge in [-0.15, -0.1) is 0 Å². The lowest BCUT2D eigenvalue weighted by atomic mass is 9.87. The van der Waals surface area contributed by atoms with Crippen molar-refractivity contribution >= 4 is 5.91 Å². The minimum absolute atomic E-state index is 0.0833. The van der Waals surface area contributed by atoms with E-state index in [-0.39, 0.29) is 11.8 Å². The highest BCUT2D eigenvalue weighted by Gasteiger charge is 2.17. The Balaban J connectivity index is 3.82. The average Bonchev–Trinajstić information content (AvgIpc) is 2.07. The average molecular weight is 227 g/mol. The van der Waals surface area contributed by atoms with Gasteiger partial charge in [-0.2, -0.15) is 0 Å². The van der Waals surface area contributed by atoms with Gasteiger partial charge < -0.3 is 5.73 Å². The maximum atomic E-state index is 11.2. The highest BCUT2D eigenvalue weighted by molar-refractivity contribution is 5.76. The van der Waals surface area contributed by atoms with E-state index in [0.29, 0.717) is 11.3 Å². The van der Waals surface area contributed by atoms with Crippen LogP contribution in [0.15, 0.2) is 0 Å². The van der Waals surface area contributed by atoms with Crippen LogP contribution in [0.5, 0.6) is 0 Å². The first-order chi connectivity index (χ1) is 7.22. The normalized spacial score (nSPS) is 14.1. The molecular formula is C14H29NO. The second kappa shape index (κ2) is 6.93. The van der Waals surface area contributed by atoms with Crippen LogP contribution in [0.4, 0.5) is 0 Å². The molecule has 0 aromatic rings. The van der Waals surface area contributed by atoms with Crippen LogP contribution in [0.1, 0.15) is 66.7 Å². The van der Waals surface area contributed by atoms with Crippen molar-refractivity contribution in [3.63, 3.8) is 0 Å². The molecule has 0 fully saturated rings.